The smallest absolute Gasteiger partial charge is 0.160 e. The molecule has 0 spiro atoms. The number of allylic oxidation sites excluding steroid dienone is 1. The fourth-order valence-electron chi connectivity index (χ4n) is 8.91. The van der Waals surface area contributed by atoms with Crippen LogP contribution in [0.1, 0.15) is 58.7 Å². The minimum atomic E-state index is -0.0594. The van der Waals surface area contributed by atoms with Crippen molar-refractivity contribution in [2.24, 2.45) is 0 Å². The zero-order valence-electron chi connectivity index (χ0n) is 33.0. The van der Waals surface area contributed by atoms with Gasteiger partial charge in [0.2, 0.25) is 0 Å². The molecule has 0 saturated heterocycles. The number of rotatable bonds is 7. The SMILES string of the molecule is CCC1C=C(c2ccc(-c3nc(-c4ccccc4)c(C)c(-c4ccccc4C)n3)cc2)NC(c2ccc3c4ccccc4n(-c4ccccc4)c3c2)c2ccccc21. The third-order valence-corrected chi connectivity index (χ3v) is 11.9. The summed E-state index contributed by atoms with van der Waals surface area (Å²) < 4.78 is 2.40. The molecule has 1 aliphatic heterocycles. The summed E-state index contributed by atoms with van der Waals surface area (Å²) >= 11 is 0. The quantitative estimate of drug-likeness (QED) is 0.176. The van der Waals surface area contributed by atoms with Crippen LogP contribution in [0.15, 0.2) is 182 Å². The highest BCUT2D eigenvalue weighted by Crippen LogP contribution is 2.41. The minimum Gasteiger partial charge on any atom is -0.374 e. The van der Waals surface area contributed by atoms with Crippen LogP contribution < -0.4 is 5.32 Å². The van der Waals surface area contributed by atoms with Crippen LogP contribution in [0.25, 0.3) is 67.1 Å². The monoisotopic (exact) mass is 748 g/mol. The molecule has 4 nitrogen and oxygen atoms in total. The standard InChI is InChI=1S/C54H44N4/c1-4-37-33-48(38-27-29-40(30-28-38)54-56-51(39-18-7-5-8-19-39)36(3)52(57-54)43-22-12-11-17-35(43)2)55-53(47-25-14-13-23-44(37)47)41-31-32-46-45-24-15-16-26-49(45)58(50(46)34-41)42-20-9-6-10-21-42/h5-34,37,53,55H,4H2,1-3H3. The molecule has 3 heterocycles. The molecule has 58 heavy (non-hydrogen) atoms. The first kappa shape index (κ1) is 35.4. The van der Waals surface area contributed by atoms with Gasteiger partial charge in [-0.3, -0.25) is 0 Å². The number of aryl methyl sites for hydroxylation is 1. The molecule has 10 rings (SSSR count). The number of nitrogens with one attached hydrogen (secondary N) is 1. The van der Waals surface area contributed by atoms with E-state index in [9.17, 15) is 0 Å². The van der Waals surface area contributed by atoms with Crippen LogP contribution in [0, 0.1) is 13.8 Å². The van der Waals surface area contributed by atoms with Crippen LogP contribution in [0.2, 0.25) is 0 Å². The van der Waals surface area contributed by atoms with E-state index in [0.29, 0.717) is 0 Å². The molecule has 9 aromatic rings. The second kappa shape index (κ2) is 14.8. The summed E-state index contributed by atoms with van der Waals surface area (Å²) in [5.74, 6) is 0.976. The van der Waals surface area contributed by atoms with Crippen LogP contribution >= 0.6 is 0 Å². The first-order chi connectivity index (χ1) is 28.6. The number of aromatic nitrogens is 3. The molecule has 0 amide bonds. The molecule has 2 atom stereocenters. The molecule has 2 unspecified atom stereocenters. The largest absolute Gasteiger partial charge is 0.374 e. The Bertz CT molecular complexity index is 2980. The molecule has 1 aliphatic rings. The molecular weight excluding hydrogens is 705 g/mol. The number of fused-ring (bicyclic) bond motifs is 4. The molecule has 280 valence electrons. The number of benzene rings is 7. The van der Waals surface area contributed by atoms with Crippen molar-refractivity contribution in [3.8, 4) is 39.6 Å². The van der Waals surface area contributed by atoms with Gasteiger partial charge < -0.3 is 9.88 Å². The zero-order valence-corrected chi connectivity index (χ0v) is 33.0. The van der Waals surface area contributed by atoms with Crippen LogP contribution in [0.5, 0.6) is 0 Å². The van der Waals surface area contributed by atoms with E-state index in [2.05, 4.69) is 207 Å². The van der Waals surface area contributed by atoms with Crippen molar-refractivity contribution >= 4 is 27.5 Å². The van der Waals surface area contributed by atoms with Crippen molar-refractivity contribution in [3.63, 3.8) is 0 Å². The lowest BCUT2D eigenvalue weighted by Crippen LogP contribution is -2.21. The lowest BCUT2D eigenvalue weighted by Gasteiger charge is -2.24. The Morgan fingerprint density at radius 1 is 0.552 bits per heavy atom. The highest BCUT2D eigenvalue weighted by atomic mass is 15.0. The van der Waals surface area contributed by atoms with E-state index in [0.717, 1.165) is 62.8 Å². The van der Waals surface area contributed by atoms with Crippen molar-refractivity contribution in [3.05, 3.63) is 215 Å². The fraction of sp³-hybridized carbons (Fsp3) is 0.111. The number of hydrogen-bond acceptors (Lipinski definition) is 3. The highest BCUT2D eigenvalue weighted by Gasteiger charge is 2.27. The maximum absolute atomic E-state index is 5.25. The summed E-state index contributed by atoms with van der Waals surface area (Å²) in [6.45, 7) is 6.57. The van der Waals surface area contributed by atoms with Gasteiger partial charge in [0.25, 0.3) is 0 Å². The Labute approximate surface area is 340 Å². The molecule has 0 fully saturated rings. The second-order valence-electron chi connectivity index (χ2n) is 15.4. The lowest BCUT2D eigenvalue weighted by atomic mass is 9.87. The van der Waals surface area contributed by atoms with Gasteiger partial charge in [0.1, 0.15) is 0 Å². The molecule has 4 heteroatoms. The summed E-state index contributed by atoms with van der Waals surface area (Å²) in [6.07, 6.45) is 3.43. The van der Waals surface area contributed by atoms with Gasteiger partial charge in [0.05, 0.1) is 28.5 Å². The van der Waals surface area contributed by atoms with Crippen molar-refractivity contribution in [2.45, 2.75) is 39.2 Å². The summed E-state index contributed by atoms with van der Waals surface area (Å²) in [5, 5.41) is 6.59. The van der Waals surface area contributed by atoms with E-state index in [1.807, 2.05) is 6.07 Å². The van der Waals surface area contributed by atoms with Gasteiger partial charge in [-0.1, -0.05) is 165 Å². The van der Waals surface area contributed by atoms with E-state index in [1.165, 1.54) is 44.1 Å². The molecule has 0 radical (unpaired) electrons. The second-order valence-corrected chi connectivity index (χ2v) is 15.4. The normalized spacial score (nSPS) is 15.1. The summed E-state index contributed by atoms with van der Waals surface area (Å²) in [6, 6.07) is 63.1. The van der Waals surface area contributed by atoms with E-state index >= 15 is 0 Å². The van der Waals surface area contributed by atoms with Crippen molar-refractivity contribution in [2.75, 3.05) is 0 Å². The summed E-state index contributed by atoms with van der Waals surface area (Å²) in [7, 11) is 0. The molecule has 2 aromatic heterocycles. The first-order valence-electron chi connectivity index (χ1n) is 20.3. The van der Waals surface area contributed by atoms with Gasteiger partial charge in [-0.2, -0.15) is 0 Å². The Kier molecular flexibility index (Phi) is 9.03. The van der Waals surface area contributed by atoms with Crippen molar-refractivity contribution in [1.82, 2.24) is 19.9 Å². The maximum atomic E-state index is 5.25. The summed E-state index contributed by atoms with van der Waals surface area (Å²) in [4.78, 5) is 10.5. The Hall–Kier alpha value is -7.04. The van der Waals surface area contributed by atoms with Gasteiger partial charge in [-0.05, 0) is 72.4 Å². The van der Waals surface area contributed by atoms with Gasteiger partial charge in [0, 0.05) is 50.3 Å². The van der Waals surface area contributed by atoms with Gasteiger partial charge in [0.15, 0.2) is 5.82 Å². The lowest BCUT2D eigenvalue weighted by molar-refractivity contribution is 0.736. The predicted octanol–water partition coefficient (Wildman–Crippen LogP) is 13.4. The van der Waals surface area contributed by atoms with E-state index in [4.69, 9.17) is 9.97 Å². The van der Waals surface area contributed by atoms with Crippen LogP contribution in [-0.4, -0.2) is 14.5 Å². The molecule has 0 saturated carbocycles. The molecule has 7 aromatic carbocycles. The minimum absolute atomic E-state index is 0.0594. The molecular formula is C54H44N4. The van der Waals surface area contributed by atoms with Gasteiger partial charge >= 0.3 is 0 Å². The Morgan fingerprint density at radius 3 is 1.97 bits per heavy atom. The van der Waals surface area contributed by atoms with E-state index in [1.54, 1.807) is 0 Å². The number of para-hydroxylation sites is 2. The number of nitrogens with zero attached hydrogens (tertiary/aromatic N) is 3. The molecule has 1 N–H and O–H groups in total. The van der Waals surface area contributed by atoms with Crippen molar-refractivity contribution in [1.29, 1.82) is 0 Å². The van der Waals surface area contributed by atoms with Crippen LogP contribution in [0.3, 0.4) is 0 Å². The van der Waals surface area contributed by atoms with E-state index in [-0.39, 0.29) is 12.0 Å². The average Bonchev–Trinajstić information content (AvgIpc) is 3.51. The third kappa shape index (κ3) is 6.18. The Balaban J connectivity index is 1.07. The number of hydrogen-bond donors (Lipinski definition) is 1. The van der Waals surface area contributed by atoms with Crippen molar-refractivity contribution < 1.29 is 0 Å². The van der Waals surface area contributed by atoms with E-state index < -0.39 is 0 Å². The van der Waals surface area contributed by atoms with Crippen LogP contribution in [-0.2, 0) is 0 Å². The molecule has 0 bridgehead atoms. The predicted molar refractivity (Wildman–Crippen MR) is 241 cm³/mol. The fourth-order valence-corrected chi connectivity index (χ4v) is 8.91. The third-order valence-electron chi connectivity index (χ3n) is 11.9. The molecule has 0 aliphatic carbocycles. The van der Waals surface area contributed by atoms with Crippen LogP contribution in [0.4, 0.5) is 0 Å². The first-order valence-corrected chi connectivity index (χ1v) is 20.3. The zero-order chi connectivity index (χ0) is 39.2. The maximum Gasteiger partial charge on any atom is 0.160 e. The Morgan fingerprint density at radius 2 is 1.19 bits per heavy atom. The summed E-state index contributed by atoms with van der Waals surface area (Å²) in [5.41, 5.74) is 17.1. The van der Waals surface area contributed by atoms with Gasteiger partial charge in [-0.15, -0.1) is 0 Å². The highest BCUT2D eigenvalue weighted by molar-refractivity contribution is 6.09. The average molecular weight is 749 g/mol. The topological polar surface area (TPSA) is 42.7 Å². The van der Waals surface area contributed by atoms with Gasteiger partial charge in [-0.25, -0.2) is 9.97 Å².